The summed E-state index contributed by atoms with van der Waals surface area (Å²) in [6.07, 6.45) is 1.77. The summed E-state index contributed by atoms with van der Waals surface area (Å²) >= 11 is 13.4. The maximum absolute atomic E-state index is 12.5. The lowest BCUT2D eigenvalue weighted by atomic mass is 10.0. The van der Waals surface area contributed by atoms with Gasteiger partial charge in [0.2, 0.25) is 0 Å². The molecule has 2 unspecified atom stereocenters. The number of amides is 1. The number of rotatable bonds is 9. The van der Waals surface area contributed by atoms with Crippen molar-refractivity contribution in [2.75, 3.05) is 16.8 Å². The van der Waals surface area contributed by atoms with E-state index in [9.17, 15) is 4.79 Å². The fraction of sp³-hybridized carbons (Fsp3) is 0.0938. The Morgan fingerprint density at radius 1 is 0.976 bits per heavy atom. The van der Waals surface area contributed by atoms with E-state index in [1.807, 2.05) is 114 Å². The number of benzene rings is 3. The Morgan fingerprint density at radius 3 is 2.48 bits per heavy atom. The number of furan rings is 1. The number of hydrogen-bond donors (Lipinski definition) is 2. The zero-order valence-electron chi connectivity index (χ0n) is 22.1. The average molecular weight is 613 g/mol. The largest absolute Gasteiger partial charge is 0.484 e. The average Bonchev–Trinajstić information content (AvgIpc) is 3.62. The highest BCUT2D eigenvalue weighted by molar-refractivity contribution is 7.99. The van der Waals surface area contributed by atoms with E-state index in [0.717, 1.165) is 27.1 Å². The first-order valence-corrected chi connectivity index (χ1v) is 14.8. The first kappa shape index (κ1) is 27.8. The van der Waals surface area contributed by atoms with Crippen molar-refractivity contribution < 1.29 is 13.9 Å². The number of aromatic nitrogens is 1. The molecule has 1 fully saturated rings. The van der Waals surface area contributed by atoms with Gasteiger partial charge in [0.1, 0.15) is 17.6 Å². The van der Waals surface area contributed by atoms with Gasteiger partial charge in [0.15, 0.2) is 16.8 Å². The van der Waals surface area contributed by atoms with E-state index in [0.29, 0.717) is 21.6 Å². The summed E-state index contributed by atoms with van der Waals surface area (Å²) in [7, 11) is 0. The van der Waals surface area contributed by atoms with E-state index in [1.54, 1.807) is 6.20 Å². The summed E-state index contributed by atoms with van der Waals surface area (Å²) < 4.78 is 11.9. The van der Waals surface area contributed by atoms with Crippen LogP contribution in [0.25, 0.3) is 0 Å². The predicted octanol–water partition coefficient (Wildman–Crippen LogP) is 7.67. The molecule has 42 heavy (non-hydrogen) atoms. The molecule has 0 bridgehead atoms. The number of carbonyl (C=O) groups excluding carboxylic acids is 1. The van der Waals surface area contributed by atoms with Crippen LogP contribution in [0.3, 0.4) is 0 Å². The quantitative estimate of drug-likeness (QED) is 0.164. The Hall–Kier alpha value is -4.31. The van der Waals surface area contributed by atoms with Gasteiger partial charge in [-0.25, -0.2) is 0 Å². The summed E-state index contributed by atoms with van der Waals surface area (Å²) in [5.41, 5.74) is 2.34. The maximum Gasteiger partial charge on any atom is 0.262 e. The third kappa shape index (κ3) is 6.44. The maximum atomic E-state index is 12.5. The van der Waals surface area contributed by atoms with Crippen LogP contribution in [-0.2, 0) is 4.79 Å². The first-order valence-electron chi connectivity index (χ1n) is 13.1. The van der Waals surface area contributed by atoms with Crippen molar-refractivity contribution in [1.29, 1.82) is 0 Å². The van der Waals surface area contributed by atoms with Crippen molar-refractivity contribution in [3.8, 4) is 5.75 Å². The minimum absolute atomic E-state index is 0.0887. The molecule has 7 nitrogen and oxygen atoms in total. The van der Waals surface area contributed by atoms with Crippen LogP contribution in [0.2, 0.25) is 5.02 Å². The molecule has 0 aliphatic carbocycles. The normalized spacial score (nSPS) is 16.2. The van der Waals surface area contributed by atoms with E-state index in [-0.39, 0.29) is 24.6 Å². The van der Waals surface area contributed by atoms with E-state index < -0.39 is 0 Å². The highest BCUT2D eigenvalue weighted by Gasteiger charge is 2.42. The lowest BCUT2D eigenvalue weighted by Crippen LogP contribution is -2.29. The minimum atomic E-state index is -0.299. The highest BCUT2D eigenvalue weighted by atomic mass is 35.5. The molecule has 210 valence electrons. The zero-order chi connectivity index (χ0) is 28.9. The second kappa shape index (κ2) is 12.7. The van der Waals surface area contributed by atoms with E-state index in [4.69, 9.17) is 33.0 Å². The lowest BCUT2D eigenvalue weighted by Gasteiger charge is -2.26. The smallest absolute Gasteiger partial charge is 0.262 e. The van der Waals surface area contributed by atoms with Gasteiger partial charge in [-0.1, -0.05) is 47.6 Å². The second-order valence-corrected chi connectivity index (χ2v) is 11.3. The lowest BCUT2D eigenvalue weighted by molar-refractivity contribution is -0.118. The Labute approximate surface area is 257 Å². The predicted molar refractivity (Wildman–Crippen MR) is 169 cm³/mol. The molecule has 2 N–H and O–H groups in total. The Bertz CT molecular complexity index is 1670. The number of carbonyl (C=O) groups is 1. The minimum Gasteiger partial charge on any atom is -0.484 e. The highest BCUT2D eigenvalue weighted by Crippen LogP contribution is 2.43. The third-order valence-electron chi connectivity index (χ3n) is 6.57. The Balaban J connectivity index is 1.22. The van der Waals surface area contributed by atoms with Crippen molar-refractivity contribution in [3.63, 3.8) is 0 Å². The summed E-state index contributed by atoms with van der Waals surface area (Å²) in [4.78, 5) is 20.1. The molecule has 5 aromatic rings. The fourth-order valence-electron chi connectivity index (χ4n) is 4.66. The number of thiocarbonyl (C=S) groups is 1. The molecule has 6 rings (SSSR count). The first-order chi connectivity index (χ1) is 20.5. The molecule has 3 aromatic carbocycles. The van der Waals surface area contributed by atoms with Crippen LogP contribution in [0.15, 0.2) is 130 Å². The number of halogens is 1. The zero-order valence-corrected chi connectivity index (χ0v) is 24.5. The molecule has 1 saturated heterocycles. The standard InChI is InChI=1S/C32H25ClN4O3S2/c33-21-9-15-25(16-10-21)42-29-18-17-27(40-29)31-30(26-8-4-5-19-34-26)36-32(41)37(31)23-13-11-22(12-14-23)35-28(38)20-39-24-6-2-1-3-7-24/h1-19,30-31H,20H2,(H,35,38)(H,36,41). The number of para-hydroxylation sites is 1. The van der Waals surface area contributed by atoms with E-state index in [1.165, 1.54) is 11.8 Å². The number of anilines is 2. The Kier molecular flexibility index (Phi) is 8.41. The van der Waals surface area contributed by atoms with Crippen molar-refractivity contribution in [3.05, 3.63) is 132 Å². The van der Waals surface area contributed by atoms with E-state index in [2.05, 4.69) is 15.6 Å². The van der Waals surface area contributed by atoms with Crippen LogP contribution in [0.5, 0.6) is 5.75 Å². The number of nitrogens with zero attached hydrogens (tertiary/aromatic N) is 2. The SMILES string of the molecule is O=C(COc1ccccc1)Nc1ccc(N2C(=S)NC(c3ccccn3)C2c2ccc(Sc3ccc(Cl)cc3)o2)cc1. The van der Waals surface area contributed by atoms with Gasteiger partial charge in [-0.05, 0) is 97.1 Å². The van der Waals surface area contributed by atoms with Gasteiger partial charge >= 0.3 is 0 Å². The fourth-order valence-corrected chi connectivity index (χ4v) is 5.91. The van der Waals surface area contributed by atoms with Crippen LogP contribution < -0.4 is 20.3 Å². The summed E-state index contributed by atoms with van der Waals surface area (Å²) in [6.45, 7) is -0.0887. The topological polar surface area (TPSA) is 79.6 Å². The molecule has 0 radical (unpaired) electrons. The van der Waals surface area contributed by atoms with Crippen molar-refractivity contribution in [2.24, 2.45) is 0 Å². The van der Waals surface area contributed by atoms with Crippen LogP contribution in [0.1, 0.15) is 23.5 Å². The molecule has 1 amide bonds. The summed E-state index contributed by atoms with van der Waals surface area (Å²) in [6, 6.07) is 33.6. The van der Waals surface area contributed by atoms with E-state index >= 15 is 0 Å². The third-order valence-corrected chi connectivity index (χ3v) is 8.06. The molecule has 2 atom stereocenters. The number of hydrogen-bond acceptors (Lipinski definition) is 6. The monoisotopic (exact) mass is 612 g/mol. The number of nitrogens with one attached hydrogen (secondary N) is 2. The van der Waals surface area contributed by atoms with Crippen molar-refractivity contribution >= 4 is 58.0 Å². The number of ether oxygens (including phenoxy) is 1. The molecule has 1 aliphatic rings. The molecule has 0 spiro atoms. The molecular formula is C32H25ClN4O3S2. The molecule has 10 heteroatoms. The Morgan fingerprint density at radius 2 is 1.74 bits per heavy atom. The van der Waals surface area contributed by atoms with Gasteiger partial charge < -0.3 is 24.7 Å². The van der Waals surface area contributed by atoms with Gasteiger partial charge in [0.25, 0.3) is 5.91 Å². The molecule has 2 aromatic heterocycles. The van der Waals surface area contributed by atoms with Gasteiger partial charge in [0, 0.05) is 27.5 Å². The van der Waals surface area contributed by atoms with Crippen LogP contribution in [0, 0.1) is 0 Å². The van der Waals surface area contributed by atoms with Gasteiger partial charge in [-0.3, -0.25) is 9.78 Å². The molecular weight excluding hydrogens is 588 g/mol. The second-order valence-electron chi connectivity index (χ2n) is 9.41. The van der Waals surface area contributed by atoms with Gasteiger partial charge in [-0.15, -0.1) is 0 Å². The van der Waals surface area contributed by atoms with Crippen molar-refractivity contribution in [2.45, 2.75) is 22.1 Å². The van der Waals surface area contributed by atoms with Crippen molar-refractivity contribution in [1.82, 2.24) is 10.3 Å². The number of pyridine rings is 1. The van der Waals surface area contributed by atoms with Crippen LogP contribution >= 0.6 is 35.6 Å². The molecule has 3 heterocycles. The van der Waals surface area contributed by atoms with Gasteiger partial charge in [-0.2, -0.15) is 0 Å². The molecule has 1 aliphatic heterocycles. The van der Waals surface area contributed by atoms with Gasteiger partial charge in [0.05, 0.1) is 11.7 Å². The summed E-state index contributed by atoms with van der Waals surface area (Å²) in [5, 5.41) is 8.30. The molecule has 0 saturated carbocycles. The van der Waals surface area contributed by atoms with Crippen LogP contribution in [-0.4, -0.2) is 22.6 Å². The summed E-state index contributed by atoms with van der Waals surface area (Å²) in [5.74, 6) is 1.13. The van der Waals surface area contributed by atoms with Crippen LogP contribution in [0.4, 0.5) is 11.4 Å².